The monoisotopic (exact) mass is 925 g/mol. The van der Waals surface area contributed by atoms with Crippen molar-refractivity contribution in [3.8, 4) is 11.1 Å². The molecule has 2 aromatic rings. The van der Waals surface area contributed by atoms with Crippen LogP contribution in [0.3, 0.4) is 0 Å². The molecule has 7 N–H and O–H groups in total. The van der Waals surface area contributed by atoms with Gasteiger partial charge >= 0.3 is 30.3 Å². The number of unbranched alkanes of at least 4 members (excludes halogenated alkanes) is 3. The number of benzene rings is 2. The Morgan fingerprint density at radius 2 is 0.848 bits per heavy atom. The molecule has 0 bridgehead atoms. The SMILES string of the molecule is CC(C)(C)OC(=O)NCCCC[C@H](NC(=O)[C@H](CCCCNC(=O)OC(C)(C)C)NC(=O)[C@H](CCCCNC(=O)OC(C)(C)C)NC(=O)OCC1c2ccccc2-c2ccccc21)C(=O)O. The van der Waals surface area contributed by atoms with Crippen LogP contribution >= 0.6 is 0 Å². The van der Waals surface area contributed by atoms with E-state index in [1.807, 2.05) is 48.5 Å². The van der Waals surface area contributed by atoms with Crippen molar-refractivity contribution in [1.82, 2.24) is 31.9 Å². The zero-order valence-corrected chi connectivity index (χ0v) is 40.1. The van der Waals surface area contributed by atoms with Gasteiger partial charge in [-0.2, -0.15) is 0 Å². The van der Waals surface area contributed by atoms with Crippen molar-refractivity contribution in [1.29, 1.82) is 0 Å². The molecule has 0 heterocycles. The zero-order chi connectivity index (χ0) is 49.1. The van der Waals surface area contributed by atoms with Crippen molar-refractivity contribution < 1.29 is 57.6 Å². The van der Waals surface area contributed by atoms with Gasteiger partial charge in [-0.25, -0.2) is 24.0 Å². The summed E-state index contributed by atoms with van der Waals surface area (Å²) in [5.74, 6) is -3.00. The fourth-order valence-corrected chi connectivity index (χ4v) is 7.06. The highest BCUT2D eigenvalue weighted by molar-refractivity contribution is 5.93. The molecule has 66 heavy (non-hydrogen) atoms. The summed E-state index contributed by atoms with van der Waals surface area (Å²) in [6, 6.07) is 12.0. The summed E-state index contributed by atoms with van der Waals surface area (Å²) in [4.78, 5) is 90.3. The van der Waals surface area contributed by atoms with E-state index in [0.29, 0.717) is 38.5 Å². The van der Waals surface area contributed by atoms with Gasteiger partial charge in [-0.1, -0.05) is 48.5 Å². The molecule has 0 unspecified atom stereocenters. The number of nitrogens with one attached hydrogen (secondary N) is 6. The Morgan fingerprint density at radius 3 is 1.23 bits per heavy atom. The average molecular weight is 925 g/mol. The lowest BCUT2D eigenvalue weighted by molar-refractivity contribution is -0.142. The largest absolute Gasteiger partial charge is 0.480 e. The van der Waals surface area contributed by atoms with Crippen molar-refractivity contribution in [2.45, 2.75) is 161 Å². The molecule has 18 nitrogen and oxygen atoms in total. The molecule has 3 atom stereocenters. The van der Waals surface area contributed by atoms with Crippen LogP contribution in [0.25, 0.3) is 11.1 Å². The third kappa shape index (κ3) is 20.4. The summed E-state index contributed by atoms with van der Waals surface area (Å²) in [5.41, 5.74) is 2.03. The number of aliphatic carboxylic acids is 1. The molecule has 0 radical (unpaired) electrons. The summed E-state index contributed by atoms with van der Waals surface area (Å²) >= 11 is 0. The lowest BCUT2D eigenvalue weighted by Gasteiger charge is -2.25. The van der Waals surface area contributed by atoms with Crippen LogP contribution < -0.4 is 31.9 Å². The lowest BCUT2D eigenvalue weighted by Crippen LogP contribution is -2.55. The molecule has 18 heteroatoms. The number of amides is 6. The van der Waals surface area contributed by atoms with Crippen LogP contribution in [0.1, 0.15) is 137 Å². The van der Waals surface area contributed by atoms with Gasteiger partial charge in [0.2, 0.25) is 11.8 Å². The number of fused-ring (bicyclic) bond motifs is 3. The second kappa shape index (κ2) is 25.6. The van der Waals surface area contributed by atoms with Crippen LogP contribution in [0.5, 0.6) is 0 Å². The first-order valence-corrected chi connectivity index (χ1v) is 22.8. The third-order valence-electron chi connectivity index (χ3n) is 9.96. The van der Waals surface area contributed by atoms with Gasteiger partial charge in [-0.3, -0.25) is 9.59 Å². The standard InChI is InChI=1S/C48H72N6O12/c1-46(2,3)64-42(59)49-27-17-14-24-36(39(55)53-38(41(57)58)26-16-19-29-51-44(61)66-48(7,8)9)52-40(56)37(25-15-18-28-50-43(60)65-47(4,5)6)54-45(62)63-30-35-33-22-12-10-20-31(33)32-21-11-13-23-34(32)35/h10-13,20-23,35-38H,14-19,24-30H2,1-9H3,(H,49,59)(H,50,60)(H,51,61)(H,52,56)(H,53,55)(H,54,62)(H,57,58)/t36-,37-,38-/m0/s1. The van der Waals surface area contributed by atoms with E-state index in [1.54, 1.807) is 62.3 Å². The fourth-order valence-electron chi connectivity index (χ4n) is 7.06. The topological polar surface area (TPSA) is 249 Å². The third-order valence-corrected chi connectivity index (χ3v) is 9.96. The number of carboxylic acid groups (broad SMARTS) is 1. The molecule has 2 aromatic carbocycles. The van der Waals surface area contributed by atoms with Gasteiger partial charge in [0.05, 0.1) is 0 Å². The summed E-state index contributed by atoms with van der Waals surface area (Å²) < 4.78 is 21.6. The first kappa shape index (κ1) is 54.3. The molecular weight excluding hydrogens is 853 g/mol. The van der Waals surface area contributed by atoms with E-state index in [4.69, 9.17) is 18.9 Å². The van der Waals surface area contributed by atoms with Crippen molar-refractivity contribution in [2.75, 3.05) is 26.2 Å². The molecule has 0 spiro atoms. The van der Waals surface area contributed by atoms with E-state index in [2.05, 4.69) is 31.9 Å². The molecule has 366 valence electrons. The number of rotatable bonds is 23. The van der Waals surface area contributed by atoms with Gasteiger partial charge in [0.25, 0.3) is 0 Å². The van der Waals surface area contributed by atoms with Gasteiger partial charge in [0, 0.05) is 25.6 Å². The van der Waals surface area contributed by atoms with Gasteiger partial charge in [-0.15, -0.1) is 0 Å². The average Bonchev–Trinajstić information content (AvgIpc) is 3.52. The fraction of sp³-hybridized carbons (Fsp3) is 0.604. The molecule has 0 saturated carbocycles. The molecule has 6 amide bonds. The summed E-state index contributed by atoms with van der Waals surface area (Å²) in [5, 5.41) is 26.0. The maximum atomic E-state index is 14.1. The van der Waals surface area contributed by atoms with Crippen LogP contribution in [0, 0.1) is 0 Å². The Balaban J connectivity index is 1.74. The number of hydrogen-bond acceptors (Lipinski definition) is 11. The van der Waals surface area contributed by atoms with Crippen LogP contribution in [0.15, 0.2) is 48.5 Å². The molecule has 3 rings (SSSR count). The van der Waals surface area contributed by atoms with Crippen molar-refractivity contribution in [2.24, 2.45) is 0 Å². The maximum absolute atomic E-state index is 14.1. The van der Waals surface area contributed by atoms with Crippen molar-refractivity contribution in [3.05, 3.63) is 59.7 Å². The Labute approximate surface area is 388 Å². The van der Waals surface area contributed by atoms with Crippen molar-refractivity contribution in [3.63, 3.8) is 0 Å². The Kier molecular flexibility index (Phi) is 21.0. The minimum Gasteiger partial charge on any atom is -0.480 e. The molecule has 0 fully saturated rings. The number of ether oxygens (including phenoxy) is 4. The highest BCUT2D eigenvalue weighted by atomic mass is 16.6. The predicted octanol–water partition coefficient (Wildman–Crippen LogP) is 7.03. The van der Waals surface area contributed by atoms with Crippen LogP contribution in [-0.4, -0.2) is 108 Å². The zero-order valence-electron chi connectivity index (χ0n) is 40.1. The van der Waals surface area contributed by atoms with Crippen LogP contribution in [0.4, 0.5) is 19.2 Å². The number of carbonyl (C=O) groups excluding carboxylic acids is 6. The van der Waals surface area contributed by atoms with Crippen LogP contribution in [0.2, 0.25) is 0 Å². The smallest absolute Gasteiger partial charge is 0.407 e. The van der Waals surface area contributed by atoms with E-state index < -0.39 is 77.1 Å². The van der Waals surface area contributed by atoms with E-state index in [0.717, 1.165) is 22.3 Å². The minimum atomic E-state index is -1.32. The molecule has 0 saturated heterocycles. The molecule has 1 aliphatic carbocycles. The number of alkyl carbamates (subject to hydrolysis) is 4. The van der Waals surface area contributed by atoms with Gasteiger partial charge < -0.3 is 56.0 Å². The first-order chi connectivity index (χ1) is 30.9. The van der Waals surface area contributed by atoms with Gasteiger partial charge in [-0.05, 0) is 142 Å². The molecule has 1 aliphatic rings. The van der Waals surface area contributed by atoms with E-state index >= 15 is 0 Å². The second-order valence-corrected chi connectivity index (χ2v) is 19.3. The van der Waals surface area contributed by atoms with Gasteiger partial charge in [0.15, 0.2) is 0 Å². The number of carboxylic acids is 1. The van der Waals surface area contributed by atoms with E-state index in [-0.39, 0.29) is 51.4 Å². The first-order valence-electron chi connectivity index (χ1n) is 22.8. The highest BCUT2D eigenvalue weighted by Crippen LogP contribution is 2.44. The molecule has 0 aromatic heterocycles. The molecule has 0 aliphatic heterocycles. The lowest BCUT2D eigenvalue weighted by atomic mass is 9.98. The number of carbonyl (C=O) groups is 7. The summed E-state index contributed by atoms with van der Waals surface area (Å²) in [7, 11) is 0. The van der Waals surface area contributed by atoms with Crippen molar-refractivity contribution >= 4 is 42.2 Å². The summed E-state index contributed by atoms with van der Waals surface area (Å²) in [6.45, 7) is 16.3. The van der Waals surface area contributed by atoms with Gasteiger partial charge in [0.1, 0.15) is 41.5 Å². The molecular formula is C48H72N6O12. The summed E-state index contributed by atoms with van der Waals surface area (Å²) in [6.07, 6.45) is -0.282. The highest BCUT2D eigenvalue weighted by Gasteiger charge is 2.32. The Morgan fingerprint density at radius 1 is 0.500 bits per heavy atom. The van der Waals surface area contributed by atoms with E-state index in [9.17, 15) is 38.7 Å². The minimum absolute atomic E-state index is 0.00991. The number of hydrogen-bond donors (Lipinski definition) is 7. The van der Waals surface area contributed by atoms with E-state index in [1.165, 1.54) is 0 Å². The Hall–Kier alpha value is -6.07. The Bertz CT molecular complexity index is 1910. The van der Waals surface area contributed by atoms with Crippen LogP contribution in [-0.2, 0) is 33.3 Å². The predicted molar refractivity (Wildman–Crippen MR) is 248 cm³/mol. The quantitative estimate of drug-likeness (QED) is 0.0438. The maximum Gasteiger partial charge on any atom is 0.407 e. The second-order valence-electron chi connectivity index (χ2n) is 19.3. The normalized spacial score (nSPS) is 13.7.